The molecule has 2 amide bonds. The van der Waals surface area contributed by atoms with Gasteiger partial charge < -0.3 is 9.32 Å². The van der Waals surface area contributed by atoms with E-state index in [4.69, 9.17) is 4.42 Å². The van der Waals surface area contributed by atoms with E-state index >= 15 is 0 Å². The molecule has 0 N–H and O–H groups in total. The maximum atomic E-state index is 12.8. The second kappa shape index (κ2) is 7.60. The summed E-state index contributed by atoms with van der Waals surface area (Å²) < 4.78 is 4.83. The zero-order valence-electron chi connectivity index (χ0n) is 17.1. The van der Waals surface area contributed by atoms with Crippen LogP contribution in [0.2, 0.25) is 0 Å². The van der Waals surface area contributed by atoms with Crippen molar-refractivity contribution in [2.24, 2.45) is 28.7 Å². The summed E-state index contributed by atoms with van der Waals surface area (Å²) in [6, 6.07) is 3.47. The van der Waals surface area contributed by atoms with E-state index in [1.165, 1.54) is 31.9 Å². The quantitative estimate of drug-likeness (QED) is 0.696. The van der Waals surface area contributed by atoms with Crippen molar-refractivity contribution >= 4 is 28.6 Å². The number of furan rings is 1. The Kier molecular flexibility index (Phi) is 5.09. The Morgan fingerprint density at radius 3 is 2.76 bits per heavy atom. The highest BCUT2D eigenvalue weighted by molar-refractivity contribution is 8.16. The van der Waals surface area contributed by atoms with E-state index in [0.717, 1.165) is 61.6 Å². The van der Waals surface area contributed by atoms with Crippen molar-refractivity contribution in [3.8, 4) is 0 Å². The molecule has 1 unspecified atom stereocenters. The number of thioether (sulfide) groups is 1. The van der Waals surface area contributed by atoms with Crippen molar-refractivity contribution < 1.29 is 14.0 Å². The van der Waals surface area contributed by atoms with Crippen molar-refractivity contribution in [1.29, 1.82) is 0 Å². The van der Waals surface area contributed by atoms with E-state index in [1.54, 1.807) is 23.9 Å². The van der Waals surface area contributed by atoms with Gasteiger partial charge in [-0.3, -0.25) is 9.59 Å². The highest BCUT2D eigenvalue weighted by Crippen LogP contribution is 2.51. The Morgan fingerprint density at radius 1 is 1.28 bits per heavy atom. The number of piperidine rings is 1. The number of nitrogens with zero attached hydrogens (tertiary/aromatic N) is 2. The molecular formula is C23H30N2O3S. The molecule has 2 aliphatic heterocycles. The number of fused-ring (bicyclic) bond motifs is 2. The molecule has 6 heteroatoms. The normalized spacial score (nSPS) is 34.8. The summed E-state index contributed by atoms with van der Waals surface area (Å²) in [4.78, 5) is 31.6. The summed E-state index contributed by atoms with van der Waals surface area (Å²) in [7, 11) is 0. The van der Waals surface area contributed by atoms with Crippen LogP contribution >= 0.6 is 11.8 Å². The molecule has 4 aliphatic rings. The number of rotatable bonds is 5. The molecule has 0 spiro atoms. The van der Waals surface area contributed by atoms with Crippen LogP contribution in [-0.2, 0) is 4.79 Å². The third kappa shape index (κ3) is 3.80. The van der Waals surface area contributed by atoms with Crippen LogP contribution in [0.4, 0.5) is 0 Å². The molecule has 3 fully saturated rings. The molecular weight excluding hydrogens is 384 g/mol. The van der Waals surface area contributed by atoms with Crippen molar-refractivity contribution in [2.75, 3.05) is 13.1 Å². The van der Waals surface area contributed by atoms with E-state index < -0.39 is 4.75 Å². The fourth-order valence-electron chi connectivity index (χ4n) is 6.07. The van der Waals surface area contributed by atoms with Gasteiger partial charge >= 0.3 is 0 Å². The van der Waals surface area contributed by atoms with Crippen LogP contribution in [0.3, 0.4) is 0 Å². The SMILES string of the molecule is CC1(CC2CCN(C(=O)c3ccco3)CC2)SC(C[C@H]2C[C@@H]3CC[C@H]2C3)=NC1=O. The minimum absolute atomic E-state index is 0.0255. The van der Waals surface area contributed by atoms with Gasteiger partial charge in [-0.15, -0.1) is 0 Å². The molecule has 0 radical (unpaired) electrons. The smallest absolute Gasteiger partial charge is 0.289 e. The molecule has 3 heterocycles. The molecule has 2 aliphatic carbocycles. The molecule has 0 aromatic carbocycles. The Balaban J connectivity index is 1.13. The average Bonchev–Trinajstić information content (AvgIpc) is 3.48. The molecule has 5 rings (SSSR count). The van der Waals surface area contributed by atoms with Gasteiger partial charge in [0.1, 0.15) is 4.75 Å². The summed E-state index contributed by atoms with van der Waals surface area (Å²) >= 11 is 1.74. The van der Waals surface area contributed by atoms with E-state index in [0.29, 0.717) is 11.7 Å². The fourth-order valence-corrected chi connectivity index (χ4v) is 7.47. The number of carbonyl (C=O) groups excluding carboxylic acids is 2. The minimum atomic E-state index is -0.412. The Labute approximate surface area is 176 Å². The Bertz CT molecular complexity index is 812. The Hall–Kier alpha value is -1.56. The van der Waals surface area contributed by atoms with Crippen molar-refractivity contribution in [3.05, 3.63) is 24.2 Å². The lowest BCUT2D eigenvalue weighted by atomic mass is 9.86. The maximum absolute atomic E-state index is 12.8. The van der Waals surface area contributed by atoms with Crippen molar-refractivity contribution in [3.63, 3.8) is 0 Å². The van der Waals surface area contributed by atoms with Crippen LogP contribution < -0.4 is 0 Å². The lowest BCUT2D eigenvalue weighted by Gasteiger charge is -2.34. The number of amides is 2. The van der Waals surface area contributed by atoms with Gasteiger partial charge in [0.05, 0.1) is 11.3 Å². The first-order valence-corrected chi connectivity index (χ1v) is 12.0. The topological polar surface area (TPSA) is 62.9 Å². The summed E-state index contributed by atoms with van der Waals surface area (Å²) in [5.74, 6) is 3.49. The van der Waals surface area contributed by atoms with E-state index in [1.807, 2.05) is 4.90 Å². The maximum Gasteiger partial charge on any atom is 0.289 e. The molecule has 29 heavy (non-hydrogen) atoms. The van der Waals surface area contributed by atoms with E-state index in [-0.39, 0.29) is 11.8 Å². The number of carbonyl (C=O) groups is 2. The second-order valence-corrected chi connectivity index (χ2v) is 11.3. The lowest BCUT2D eigenvalue weighted by Crippen LogP contribution is -2.40. The first-order chi connectivity index (χ1) is 14.0. The molecule has 4 atom stereocenters. The third-order valence-corrected chi connectivity index (χ3v) is 8.94. The predicted octanol–water partition coefficient (Wildman–Crippen LogP) is 4.78. The summed E-state index contributed by atoms with van der Waals surface area (Å²) in [6.07, 6.45) is 10.9. The lowest BCUT2D eigenvalue weighted by molar-refractivity contribution is -0.119. The van der Waals surface area contributed by atoms with Gasteiger partial charge in [0.2, 0.25) is 0 Å². The van der Waals surface area contributed by atoms with Crippen LogP contribution in [-0.4, -0.2) is 39.6 Å². The molecule has 1 aromatic heterocycles. The molecule has 156 valence electrons. The zero-order chi connectivity index (χ0) is 20.0. The monoisotopic (exact) mass is 414 g/mol. The van der Waals surface area contributed by atoms with Gasteiger partial charge in [0, 0.05) is 13.1 Å². The van der Waals surface area contributed by atoms with Gasteiger partial charge in [0.15, 0.2) is 5.76 Å². The van der Waals surface area contributed by atoms with Gasteiger partial charge in [-0.2, -0.15) is 0 Å². The molecule has 2 saturated carbocycles. The van der Waals surface area contributed by atoms with Gasteiger partial charge in [-0.05, 0) is 87.7 Å². The number of hydrogen-bond acceptors (Lipinski definition) is 4. The Morgan fingerprint density at radius 2 is 2.10 bits per heavy atom. The summed E-state index contributed by atoms with van der Waals surface area (Å²) in [5, 5.41) is 1.08. The van der Waals surface area contributed by atoms with Gasteiger partial charge in [-0.1, -0.05) is 18.2 Å². The van der Waals surface area contributed by atoms with Gasteiger partial charge in [0.25, 0.3) is 11.8 Å². The summed E-state index contributed by atoms with van der Waals surface area (Å²) in [6.45, 7) is 3.55. The molecule has 2 bridgehead atoms. The summed E-state index contributed by atoms with van der Waals surface area (Å²) in [5.41, 5.74) is 0. The van der Waals surface area contributed by atoms with Crippen molar-refractivity contribution in [1.82, 2.24) is 4.90 Å². The third-order valence-electron chi connectivity index (χ3n) is 7.65. The van der Waals surface area contributed by atoms with Crippen LogP contribution in [0.1, 0.15) is 68.8 Å². The van der Waals surface area contributed by atoms with Gasteiger partial charge in [-0.25, -0.2) is 4.99 Å². The second-order valence-electron chi connectivity index (χ2n) is 9.70. The number of likely N-dealkylation sites (tertiary alicyclic amines) is 1. The van der Waals surface area contributed by atoms with Crippen LogP contribution in [0.25, 0.3) is 0 Å². The molecule has 1 saturated heterocycles. The van der Waals surface area contributed by atoms with Crippen molar-refractivity contribution in [2.45, 2.75) is 63.0 Å². The van der Waals surface area contributed by atoms with Crippen LogP contribution in [0.15, 0.2) is 27.8 Å². The highest BCUT2D eigenvalue weighted by Gasteiger charge is 2.46. The number of aliphatic imine (C=N–C) groups is 1. The minimum Gasteiger partial charge on any atom is -0.459 e. The first kappa shape index (κ1) is 19.4. The standard InChI is InChI=1S/C23H30N2O3S/c1-23(14-15-6-8-25(9-7-15)21(26)19-3-2-10-28-19)22(27)24-20(29-23)13-18-12-16-4-5-17(18)11-16/h2-3,10,15-18H,4-9,11-14H2,1H3/t16-,17+,18-,23?/m1/s1. The molecule has 1 aromatic rings. The zero-order valence-corrected chi connectivity index (χ0v) is 18.0. The van der Waals surface area contributed by atoms with Crippen LogP contribution in [0, 0.1) is 23.7 Å². The van der Waals surface area contributed by atoms with Crippen LogP contribution in [0.5, 0.6) is 0 Å². The van der Waals surface area contributed by atoms with E-state index in [9.17, 15) is 9.59 Å². The molecule has 5 nitrogen and oxygen atoms in total. The highest BCUT2D eigenvalue weighted by atomic mass is 32.2. The fraction of sp³-hybridized carbons (Fsp3) is 0.696. The van der Waals surface area contributed by atoms with E-state index in [2.05, 4.69) is 11.9 Å². The largest absolute Gasteiger partial charge is 0.459 e. The predicted molar refractivity (Wildman–Crippen MR) is 114 cm³/mol. The average molecular weight is 415 g/mol. The first-order valence-electron chi connectivity index (χ1n) is 11.1. The number of hydrogen-bond donors (Lipinski definition) is 0.